The van der Waals surface area contributed by atoms with Crippen LogP contribution in [0, 0.1) is 11.3 Å². The zero-order valence-corrected chi connectivity index (χ0v) is 11.9. The lowest BCUT2D eigenvalue weighted by molar-refractivity contribution is 1.15. The number of nitriles is 1. The molecule has 0 saturated heterocycles. The maximum atomic E-state index is 9.13. The van der Waals surface area contributed by atoms with Crippen LogP contribution < -0.4 is 5.32 Å². The van der Waals surface area contributed by atoms with Gasteiger partial charge in [0.25, 0.3) is 0 Å². The zero-order chi connectivity index (χ0) is 14.7. The number of aromatic nitrogens is 1. The van der Waals surface area contributed by atoms with Gasteiger partial charge in [-0.15, -0.1) is 0 Å². The lowest BCUT2D eigenvalue weighted by Gasteiger charge is -2.10. The van der Waals surface area contributed by atoms with E-state index < -0.39 is 0 Å². The minimum absolute atomic E-state index is 0.576. The fourth-order valence-corrected chi connectivity index (χ4v) is 2.43. The Bertz CT molecular complexity index is 832. The maximum Gasteiger partial charge on any atom is 0.101 e. The van der Waals surface area contributed by atoms with E-state index in [2.05, 4.69) is 16.4 Å². The predicted octanol–water partition coefficient (Wildman–Crippen LogP) is 4.37. The van der Waals surface area contributed by atoms with Crippen LogP contribution in [0.25, 0.3) is 10.9 Å². The van der Waals surface area contributed by atoms with Crippen molar-refractivity contribution >= 4 is 28.2 Å². The zero-order valence-electron chi connectivity index (χ0n) is 11.2. The van der Waals surface area contributed by atoms with Gasteiger partial charge in [0.05, 0.1) is 16.8 Å². The smallest absolute Gasteiger partial charge is 0.101 e. The Hall–Kier alpha value is -2.57. The second kappa shape index (κ2) is 5.82. The Morgan fingerprint density at radius 3 is 2.86 bits per heavy atom. The molecule has 0 bridgehead atoms. The SMILES string of the molecule is N#Cc1ccc(Cl)cc1NCc1cccc2cccnc12. The van der Waals surface area contributed by atoms with Crippen LogP contribution >= 0.6 is 11.6 Å². The number of hydrogen-bond donors (Lipinski definition) is 1. The first-order valence-corrected chi connectivity index (χ1v) is 6.92. The van der Waals surface area contributed by atoms with E-state index in [0.717, 1.165) is 22.2 Å². The Labute approximate surface area is 127 Å². The number of para-hydroxylation sites is 1. The van der Waals surface area contributed by atoms with Gasteiger partial charge in [0.1, 0.15) is 6.07 Å². The summed E-state index contributed by atoms with van der Waals surface area (Å²) in [5, 5.41) is 14.1. The number of halogens is 1. The summed E-state index contributed by atoms with van der Waals surface area (Å²) < 4.78 is 0. The predicted molar refractivity (Wildman–Crippen MR) is 85.2 cm³/mol. The third kappa shape index (κ3) is 2.81. The minimum atomic E-state index is 0.576. The molecule has 4 heteroatoms. The van der Waals surface area contributed by atoms with Gasteiger partial charge in [-0.25, -0.2) is 0 Å². The summed E-state index contributed by atoms with van der Waals surface area (Å²) in [7, 11) is 0. The molecule has 3 rings (SSSR count). The maximum absolute atomic E-state index is 9.13. The van der Waals surface area contributed by atoms with Gasteiger partial charge in [-0.1, -0.05) is 35.9 Å². The van der Waals surface area contributed by atoms with E-state index in [1.165, 1.54) is 0 Å². The largest absolute Gasteiger partial charge is 0.380 e. The second-order valence-corrected chi connectivity index (χ2v) is 5.08. The molecule has 2 aromatic carbocycles. The molecule has 0 atom stereocenters. The standard InChI is InChI=1S/C17H12ClN3/c18-15-7-6-13(10-19)16(9-15)21-11-14-4-1-3-12-5-2-8-20-17(12)14/h1-9,21H,11H2. The van der Waals surface area contributed by atoms with Crippen molar-refractivity contribution in [1.82, 2.24) is 4.98 Å². The molecule has 0 aliphatic rings. The highest BCUT2D eigenvalue weighted by atomic mass is 35.5. The summed E-state index contributed by atoms with van der Waals surface area (Å²) in [6.45, 7) is 0.587. The van der Waals surface area contributed by atoms with E-state index in [1.807, 2.05) is 30.3 Å². The van der Waals surface area contributed by atoms with E-state index in [0.29, 0.717) is 17.1 Å². The van der Waals surface area contributed by atoms with Crippen molar-refractivity contribution in [2.75, 3.05) is 5.32 Å². The first kappa shape index (κ1) is 13.4. The number of pyridine rings is 1. The first-order chi connectivity index (χ1) is 10.3. The molecule has 1 aromatic heterocycles. The molecule has 1 N–H and O–H groups in total. The van der Waals surface area contributed by atoms with E-state index >= 15 is 0 Å². The van der Waals surface area contributed by atoms with E-state index in [9.17, 15) is 0 Å². The summed E-state index contributed by atoms with van der Waals surface area (Å²) in [5.41, 5.74) is 3.36. The normalized spacial score (nSPS) is 10.3. The van der Waals surface area contributed by atoms with E-state index in [4.69, 9.17) is 16.9 Å². The van der Waals surface area contributed by atoms with Crippen molar-refractivity contribution in [2.45, 2.75) is 6.54 Å². The molecule has 3 nitrogen and oxygen atoms in total. The van der Waals surface area contributed by atoms with Gasteiger partial charge in [0.15, 0.2) is 0 Å². The molecule has 0 aliphatic heterocycles. The van der Waals surface area contributed by atoms with Gasteiger partial charge in [0, 0.05) is 23.2 Å². The van der Waals surface area contributed by atoms with Gasteiger partial charge >= 0.3 is 0 Å². The van der Waals surface area contributed by atoms with Crippen molar-refractivity contribution < 1.29 is 0 Å². The molecule has 0 aliphatic carbocycles. The Morgan fingerprint density at radius 2 is 2.00 bits per heavy atom. The highest BCUT2D eigenvalue weighted by Gasteiger charge is 2.05. The van der Waals surface area contributed by atoms with Crippen LogP contribution in [-0.4, -0.2) is 4.98 Å². The molecule has 0 fully saturated rings. The molecule has 0 unspecified atom stereocenters. The van der Waals surface area contributed by atoms with E-state index in [1.54, 1.807) is 24.4 Å². The fourth-order valence-electron chi connectivity index (χ4n) is 2.26. The molecule has 0 saturated carbocycles. The summed E-state index contributed by atoms with van der Waals surface area (Å²) in [6, 6.07) is 17.4. The quantitative estimate of drug-likeness (QED) is 0.780. The van der Waals surface area contributed by atoms with Gasteiger partial charge in [-0.2, -0.15) is 5.26 Å². The number of fused-ring (bicyclic) bond motifs is 1. The lowest BCUT2D eigenvalue weighted by atomic mass is 10.1. The Balaban J connectivity index is 1.91. The van der Waals surface area contributed by atoms with Crippen LogP contribution in [0.1, 0.15) is 11.1 Å². The van der Waals surface area contributed by atoms with Crippen LogP contribution in [0.4, 0.5) is 5.69 Å². The van der Waals surface area contributed by atoms with Crippen LogP contribution in [0.5, 0.6) is 0 Å². The highest BCUT2D eigenvalue weighted by molar-refractivity contribution is 6.30. The molecule has 0 radical (unpaired) electrons. The molecule has 0 spiro atoms. The van der Waals surface area contributed by atoms with Crippen molar-refractivity contribution in [3.8, 4) is 6.07 Å². The first-order valence-electron chi connectivity index (χ1n) is 6.54. The molecule has 3 aromatic rings. The van der Waals surface area contributed by atoms with Crippen molar-refractivity contribution in [1.29, 1.82) is 5.26 Å². The third-order valence-electron chi connectivity index (χ3n) is 3.29. The molecular weight excluding hydrogens is 282 g/mol. The number of nitrogens with zero attached hydrogens (tertiary/aromatic N) is 2. The van der Waals surface area contributed by atoms with Gasteiger partial charge in [0.2, 0.25) is 0 Å². The average molecular weight is 294 g/mol. The van der Waals surface area contributed by atoms with Crippen molar-refractivity contribution in [3.63, 3.8) is 0 Å². The summed E-state index contributed by atoms with van der Waals surface area (Å²) in [5.74, 6) is 0. The van der Waals surface area contributed by atoms with Crippen molar-refractivity contribution in [2.24, 2.45) is 0 Å². The van der Waals surface area contributed by atoms with Crippen molar-refractivity contribution in [3.05, 3.63) is 70.9 Å². The second-order valence-electron chi connectivity index (χ2n) is 4.65. The topological polar surface area (TPSA) is 48.7 Å². The number of rotatable bonds is 3. The number of nitrogens with one attached hydrogen (secondary N) is 1. The highest BCUT2D eigenvalue weighted by Crippen LogP contribution is 2.22. The van der Waals surface area contributed by atoms with Crippen LogP contribution in [0.2, 0.25) is 5.02 Å². The molecular formula is C17H12ClN3. The monoisotopic (exact) mass is 293 g/mol. The van der Waals surface area contributed by atoms with Gasteiger partial charge in [-0.3, -0.25) is 4.98 Å². The summed E-state index contributed by atoms with van der Waals surface area (Å²) >= 11 is 5.99. The fraction of sp³-hybridized carbons (Fsp3) is 0.0588. The van der Waals surface area contributed by atoms with Gasteiger partial charge in [-0.05, 0) is 29.8 Å². The lowest BCUT2D eigenvalue weighted by Crippen LogP contribution is -2.02. The number of anilines is 1. The summed E-state index contributed by atoms with van der Waals surface area (Å²) in [6.07, 6.45) is 1.78. The Kier molecular flexibility index (Phi) is 3.72. The van der Waals surface area contributed by atoms with Gasteiger partial charge < -0.3 is 5.32 Å². The van der Waals surface area contributed by atoms with Crippen LogP contribution in [-0.2, 0) is 6.54 Å². The number of hydrogen-bond acceptors (Lipinski definition) is 3. The average Bonchev–Trinajstić information content (AvgIpc) is 2.53. The molecule has 102 valence electrons. The number of benzene rings is 2. The summed E-state index contributed by atoms with van der Waals surface area (Å²) in [4.78, 5) is 4.42. The van der Waals surface area contributed by atoms with Crippen LogP contribution in [0.15, 0.2) is 54.7 Å². The minimum Gasteiger partial charge on any atom is -0.380 e. The van der Waals surface area contributed by atoms with E-state index in [-0.39, 0.29) is 0 Å². The van der Waals surface area contributed by atoms with Crippen LogP contribution in [0.3, 0.4) is 0 Å². The molecule has 21 heavy (non-hydrogen) atoms. The Morgan fingerprint density at radius 1 is 1.14 bits per heavy atom. The molecule has 1 heterocycles. The molecule has 0 amide bonds. The third-order valence-corrected chi connectivity index (χ3v) is 3.52.